The van der Waals surface area contributed by atoms with Gasteiger partial charge in [0.25, 0.3) is 0 Å². The predicted molar refractivity (Wildman–Crippen MR) is 52.9 cm³/mol. The number of furan rings is 1. The van der Waals surface area contributed by atoms with Crippen LogP contribution < -0.4 is 0 Å². The van der Waals surface area contributed by atoms with E-state index in [1.54, 1.807) is 6.92 Å². The van der Waals surface area contributed by atoms with E-state index in [2.05, 4.69) is 0 Å². The van der Waals surface area contributed by atoms with Crippen LogP contribution in [0.4, 0.5) is 4.39 Å². The Kier molecular flexibility index (Phi) is 2.16. The summed E-state index contributed by atoms with van der Waals surface area (Å²) in [5.41, 5.74) is 0.576. The number of halogens is 2. The number of hydrogen-bond acceptors (Lipinski definition) is 2. The highest BCUT2D eigenvalue weighted by Crippen LogP contribution is 2.31. The lowest BCUT2D eigenvalue weighted by Crippen LogP contribution is -1.95. The maximum absolute atomic E-state index is 13.0. The van der Waals surface area contributed by atoms with Gasteiger partial charge in [-0.15, -0.1) is 0 Å². The van der Waals surface area contributed by atoms with Crippen molar-refractivity contribution < 1.29 is 18.7 Å². The van der Waals surface area contributed by atoms with Crippen LogP contribution in [0.15, 0.2) is 16.5 Å². The number of aryl methyl sites for hydroxylation is 1. The second kappa shape index (κ2) is 3.24. The van der Waals surface area contributed by atoms with Crippen LogP contribution in [0, 0.1) is 12.7 Å². The largest absolute Gasteiger partial charge is 0.475 e. The molecule has 1 aromatic carbocycles. The molecular weight excluding hydrogens is 223 g/mol. The first-order chi connectivity index (χ1) is 7.00. The number of carboxylic acids is 1. The summed E-state index contributed by atoms with van der Waals surface area (Å²) in [5, 5.41) is 9.25. The molecule has 0 saturated heterocycles. The molecule has 0 aliphatic rings. The first kappa shape index (κ1) is 9.98. The molecule has 0 fully saturated rings. The van der Waals surface area contributed by atoms with E-state index < -0.39 is 11.8 Å². The molecule has 0 aliphatic carbocycles. The quantitative estimate of drug-likeness (QED) is 0.815. The molecule has 0 bridgehead atoms. The molecule has 0 atom stereocenters. The van der Waals surface area contributed by atoms with Gasteiger partial charge in [0.15, 0.2) is 5.58 Å². The van der Waals surface area contributed by atoms with Gasteiger partial charge in [0, 0.05) is 10.9 Å². The average Bonchev–Trinajstić information content (AvgIpc) is 2.44. The van der Waals surface area contributed by atoms with Crippen LogP contribution in [-0.4, -0.2) is 11.1 Å². The van der Waals surface area contributed by atoms with Crippen LogP contribution in [0.2, 0.25) is 5.02 Å². The minimum atomic E-state index is -1.19. The van der Waals surface area contributed by atoms with Crippen molar-refractivity contribution in [3.63, 3.8) is 0 Å². The maximum atomic E-state index is 13.0. The molecule has 2 aromatic rings. The fourth-order valence-corrected chi connectivity index (χ4v) is 1.69. The highest BCUT2D eigenvalue weighted by atomic mass is 35.5. The number of carbonyl (C=O) groups is 1. The Labute approximate surface area is 89.1 Å². The molecule has 1 N–H and O–H groups in total. The number of fused-ring (bicyclic) bond motifs is 1. The Morgan fingerprint density at radius 3 is 2.80 bits per heavy atom. The van der Waals surface area contributed by atoms with Crippen LogP contribution >= 0.6 is 11.6 Å². The smallest absolute Gasteiger partial charge is 0.372 e. The first-order valence-electron chi connectivity index (χ1n) is 4.12. The molecule has 0 radical (unpaired) electrons. The molecule has 1 heterocycles. The van der Waals surface area contributed by atoms with Gasteiger partial charge >= 0.3 is 5.97 Å². The molecule has 0 amide bonds. The van der Waals surface area contributed by atoms with Crippen molar-refractivity contribution in [1.29, 1.82) is 0 Å². The summed E-state index contributed by atoms with van der Waals surface area (Å²) in [7, 11) is 0. The van der Waals surface area contributed by atoms with Crippen LogP contribution in [-0.2, 0) is 0 Å². The lowest BCUT2D eigenvalue weighted by molar-refractivity contribution is 0.0664. The fourth-order valence-electron chi connectivity index (χ4n) is 1.45. The molecule has 78 valence electrons. The summed E-state index contributed by atoms with van der Waals surface area (Å²) >= 11 is 5.73. The summed E-state index contributed by atoms with van der Waals surface area (Å²) in [6, 6.07) is 2.28. The van der Waals surface area contributed by atoms with Crippen molar-refractivity contribution in [2.75, 3.05) is 0 Å². The fraction of sp³-hybridized carbons (Fsp3) is 0.100. The minimum absolute atomic E-state index is 0.0700. The molecule has 0 saturated carbocycles. The van der Waals surface area contributed by atoms with Gasteiger partial charge < -0.3 is 9.52 Å². The highest BCUT2D eigenvalue weighted by Gasteiger charge is 2.18. The zero-order valence-corrected chi connectivity index (χ0v) is 8.43. The van der Waals surface area contributed by atoms with E-state index in [9.17, 15) is 9.18 Å². The van der Waals surface area contributed by atoms with Crippen molar-refractivity contribution in [2.24, 2.45) is 0 Å². The lowest BCUT2D eigenvalue weighted by Gasteiger charge is -1.93. The maximum Gasteiger partial charge on any atom is 0.372 e. The molecule has 0 aliphatic heterocycles. The van der Waals surface area contributed by atoms with Gasteiger partial charge in [-0.05, 0) is 19.1 Å². The summed E-state index contributed by atoms with van der Waals surface area (Å²) in [6.45, 7) is 1.55. The summed E-state index contributed by atoms with van der Waals surface area (Å²) in [6.07, 6.45) is 0. The number of hydrogen-bond donors (Lipinski definition) is 1. The number of carboxylic acid groups (broad SMARTS) is 1. The second-order valence-electron chi connectivity index (χ2n) is 3.13. The zero-order chi connectivity index (χ0) is 11.2. The number of aromatic carboxylic acids is 1. The second-order valence-corrected chi connectivity index (χ2v) is 3.53. The van der Waals surface area contributed by atoms with Crippen molar-refractivity contribution in [3.05, 3.63) is 34.3 Å². The highest BCUT2D eigenvalue weighted by molar-refractivity contribution is 6.35. The number of rotatable bonds is 1. The minimum Gasteiger partial charge on any atom is -0.475 e. The van der Waals surface area contributed by atoms with Gasteiger partial charge in [-0.25, -0.2) is 9.18 Å². The third-order valence-corrected chi connectivity index (χ3v) is 2.43. The van der Waals surface area contributed by atoms with E-state index in [1.165, 1.54) is 6.07 Å². The summed E-state index contributed by atoms with van der Waals surface area (Å²) in [4.78, 5) is 10.8. The monoisotopic (exact) mass is 228 g/mol. The van der Waals surface area contributed by atoms with E-state index in [1.807, 2.05) is 0 Å². The molecule has 0 unspecified atom stereocenters. The lowest BCUT2D eigenvalue weighted by atomic mass is 10.1. The van der Waals surface area contributed by atoms with Gasteiger partial charge in [-0.1, -0.05) is 11.6 Å². The van der Waals surface area contributed by atoms with Crippen molar-refractivity contribution in [1.82, 2.24) is 0 Å². The Balaban J connectivity index is 2.88. The third kappa shape index (κ3) is 1.47. The Morgan fingerprint density at radius 2 is 2.20 bits per heavy atom. The Morgan fingerprint density at radius 1 is 1.53 bits per heavy atom. The number of benzene rings is 1. The Hall–Kier alpha value is -1.55. The van der Waals surface area contributed by atoms with Crippen molar-refractivity contribution in [3.8, 4) is 0 Å². The van der Waals surface area contributed by atoms with E-state index in [0.717, 1.165) is 6.07 Å². The molecule has 15 heavy (non-hydrogen) atoms. The van der Waals surface area contributed by atoms with E-state index in [4.69, 9.17) is 21.1 Å². The first-order valence-corrected chi connectivity index (χ1v) is 4.50. The van der Waals surface area contributed by atoms with Crippen LogP contribution in [0.5, 0.6) is 0 Å². The predicted octanol–water partition coefficient (Wildman–Crippen LogP) is 3.23. The molecular formula is C10H6ClFO3. The Bertz CT molecular complexity index is 559. The molecule has 5 heteroatoms. The van der Waals surface area contributed by atoms with E-state index in [-0.39, 0.29) is 16.4 Å². The van der Waals surface area contributed by atoms with Crippen molar-refractivity contribution in [2.45, 2.75) is 6.92 Å². The van der Waals surface area contributed by atoms with Gasteiger partial charge in [0.2, 0.25) is 5.76 Å². The molecule has 1 aromatic heterocycles. The summed E-state index contributed by atoms with van der Waals surface area (Å²) in [5.74, 6) is -1.92. The SMILES string of the molecule is Cc1c(C(=O)O)oc2c(Cl)cc(F)cc12. The van der Waals surface area contributed by atoms with Gasteiger partial charge in [-0.3, -0.25) is 0 Å². The average molecular weight is 229 g/mol. The topological polar surface area (TPSA) is 50.4 Å². The normalized spacial score (nSPS) is 10.9. The molecule has 2 rings (SSSR count). The van der Waals surface area contributed by atoms with E-state index >= 15 is 0 Å². The molecule has 0 spiro atoms. The standard InChI is InChI=1S/C10H6ClFO3/c1-4-6-2-5(12)3-7(11)9(6)15-8(4)10(13)14/h2-3H,1H3,(H,13,14). The third-order valence-electron chi connectivity index (χ3n) is 2.15. The van der Waals surface area contributed by atoms with E-state index in [0.29, 0.717) is 10.9 Å². The van der Waals surface area contributed by atoms with Crippen LogP contribution in [0.3, 0.4) is 0 Å². The zero-order valence-electron chi connectivity index (χ0n) is 7.67. The van der Waals surface area contributed by atoms with Gasteiger partial charge in [0.05, 0.1) is 5.02 Å². The van der Waals surface area contributed by atoms with Crippen LogP contribution in [0.1, 0.15) is 16.1 Å². The van der Waals surface area contributed by atoms with Gasteiger partial charge in [0.1, 0.15) is 5.82 Å². The van der Waals surface area contributed by atoms with Crippen LogP contribution in [0.25, 0.3) is 11.0 Å². The van der Waals surface area contributed by atoms with Crippen molar-refractivity contribution >= 4 is 28.5 Å². The van der Waals surface area contributed by atoms with Gasteiger partial charge in [-0.2, -0.15) is 0 Å². The molecule has 3 nitrogen and oxygen atoms in total. The summed E-state index contributed by atoms with van der Waals surface area (Å²) < 4.78 is 18.1.